The van der Waals surface area contributed by atoms with Crippen molar-refractivity contribution in [3.8, 4) is 0 Å². The Labute approximate surface area is 163 Å². The first-order valence-electron chi connectivity index (χ1n) is 10.2. The summed E-state index contributed by atoms with van der Waals surface area (Å²) >= 11 is 0. The fourth-order valence-electron chi connectivity index (χ4n) is 3.68. The number of likely N-dealkylation sites (tertiary alicyclic amines) is 1. The van der Waals surface area contributed by atoms with Crippen LogP contribution in [0.5, 0.6) is 0 Å². The van der Waals surface area contributed by atoms with Crippen LogP contribution in [0.4, 0.5) is 4.79 Å². The van der Waals surface area contributed by atoms with Gasteiger partial charge in [0.15, 0.2) is 0 Å². The van der Waals surface area contributed by atoms with E-state index in [0.717, 1.165) is 24.8 Å². The maximum atomic E-state index is 12.8. The first-order chi connectivity index (χ1) is 12.9. The first-order valence-corrected chi connectivity index (χ1v) is 10.2. The van der Waals surface area contributed by atoms with Gasteiger partial charge in [0, 0.05) is 26.1 Å². The van der Waals surface area contributed by atoms with Crippen molar-refractivity contribution in [2.24, 2.45) is 11.8 Å². The molecule has 1 fully saturated rings. The SMILES string of the molecule is CC[C@H](C)c1ccc([C@H](NC(=O)N2CCC(C(=O)NC)CC2)C(C)C)cc1. The van der Waals surface area contributed by atoms with Crippen molar-refractivity contribution in [1.82, 2.24) is 15.5 Å². The zero-order chi connectivity index (χ0) is 20.0. The smallest absolute Gasteiger partial charge is 0.317 e. The quantitative estimate of drug-likeness (QED) is 0.790. The zero-order valence-electron chi connectivity index (χ0n) is 17.4. The second-order valence-corrected chi connectivity index (χ2v) is 8.02. The lowest BCUT2D eigenvalue weighted by Gasteiger charge is -2.33. The van der Waals surface area contributed by atoms with E-state index in [9.17, 15) is 9.59 Å². The van der Waals surface area contributed by atoms with Crippen LogP contribution in [-0.4, -0.2) is 37.0 Å². The molecular weight excluding hydrogens is 338 g/mol. The van der Waals surface area contributed by atoms with Crippen LogP contribution >= 0.6 is 0 Å². The van der Waals surface area contributed by atoms with Crippen LogP contribution in [-0.2, 0) is 4.79 Å². The summed E-state index contributed by atoms with van der Waals surface area (Å²) in [4.78, 5) is 26.4. The van der Waals surface area contributed by atoms with E-state index in [2.05, 4.69) is 62.6 Å². The second kappa shape index (κ2) is 9.77. The summed E-state index contributed by atoms with van der Waals surface area (Å²) in [5.41, 5.74) is 2.48. The molecule has 1 aliphatic rings. The number of nitrogens with zero attached hydrogens (tertiary/aromatic N) is 1. The Kier molecular flexibility index (Phi) is 7.69. The molecule has 0 aliphatic carbocycles. The van der Waals surface area contributed by atoms with Gasteiger partial charge in [-0.05, 0) is 42.2 Å². The summed E-state index contributed by atoms with van der Waals surface area (Å²) in [5.74, 6) is 0.948. The first kappa shape index (κ1) is 21.3. The van der Waals surface area contributed by atoms with Crippen LogP contribution in [0.1, 0.15) is 70.0 Å². The lowest BCUT2D eigenvalue weighted by atomic mass is 9.92. The Hall–Kier alpha value is -2.04. The topological polar surface area (TPSA) is 61.4 Å². The highest BCUT2D eigenvalue weighted by Gasteiger charge is 2.28. The van der Waals surface area contributed by atoms with Gasteiger partial charge in [0.2, 0.25) is 5.91 Å². The molecule has 0 aromatic heterocycles. The van der Waals surface area contributed by atoms with Crippen molar-refractivity contribution in [2.75, 3.05) is 20.1 Å². The van der Waals surface area contributed by atoms with Crippen LogP contribution in [0.15, 0.2) is 24.3 Å². The number of piperidine rings is 1. The largest absolute Gasteiger partial charge is 0.359 e. The van der Waals surface area contributed by atoms with E-state index in [-0.39, 0.29) is 23.9 Å². The normalized spacial score (nSPS) is 17.5. The molecule has 27 heavy (non-hydrogen) atoms. The molecule has 0 unspecified atom stereocenters. The van der Waals surface area contributed by atoms with E-state index in [1.807, 2.05) is 4.90 Å². The average Bonchev–Trinajstić information content (AvgIpc) is 2.70. The molecule has 5 heteroatoms. The van der Waals surface area contributed by atoms with Gasteiger partial charge >= 0.3 is 6.03 Å². The lowest BCUT2D eigenvalue weighted by Crippen LogP contribution is -2.48. The van der Waals surface area contributed by atoms with Crippen LogP contribution < -0.4 is 10.6 Å². The van der Waals surface area contributed by atoms with Gasteiger partial charge in [0.25, 0.3) is 0 Å². The van der Waals surface area contributed by atoms with Gasteiger partial charge in [0.1, 0.15) is 0 Å². The highest BCUT2D eigenvalue weighted by molar-refractivity contribution is 5.79. The Morgan fingerprint density at radius 3 is 2.11 bits per heavy atom. The maximum absolute atomic E-state index is 12.8. The van der Waals surface area contributed by atoms with E-state index in [1.54, 1.807) is 7.05 Å². The molecule has 1 aromatic rings. The number of carbonyl (C=O) groups is 2. The molecule has 1 aliphatic heterocycles. The highest BCUT2D eigenvalue weighted by atomic mass is 16.2. The Morgan fingerprint density at radius 1 is 1.07 bits per heavy atom. The molecule has 1 aromatic carbocycles. The Balaban J connectivity index is 2.00. The van der Waals surface area contributed by atoms with Gasteiger partial charge in [0.05, 0.1) is 6.04 Å². The summed E-state index contributed by atoms with van der Waals surface area (Å²) in [7, 11) is 1.67. The zero-order valence-corrected chi connectivity index (χ0v) is 17.4. The summed E-state index contributed by atoms with van der Waals surface area (Å²) in [6, 6.07) is 8.60. The molecule has 0 radical (unpaired) electrons. The van der Waals surface area contributed by atoms with E-state index in [4.69, 9.17) is 0 Å². The van der Waals surface area contributed by atoms with Crippen molar-refractivity contribution in [1.29, 1.82) is 0 Å². The van der Waals surface area contributed by atoms with Crippen molar-refractivity contribution in [2.45, 2.75) is 58.9 Å². The molecule has 2 atom stereocenters. The molecule has 0 spiro atoms. The van der Waals surface area contributed by atoms with Gasteiger partial charge in [-0.25, -0.2) is 4.79 Å². The van der Waals surface area contributed by atoms with Crippen LogP contribution in [0.3, 0.4) is 0 Å². The minimum Gasteiger partial charge on any atom is -0.359 e. The van der Waals surface area contributed by atoms with Crippen LogP contribution in [0.2, 0.25) is 0 Å². The number of carbonyl (C=O) groups excluding carboxylic acids is 2. The molecule has 150 valence electrons. The third-order valence-electron chi connectivity index (χ3n) is 5.82. The molecule has 2 N–H and O–H groups in total. The van der Waals surface area contributed by atoms with Crippen molar-refractivity contribution in [3.63, 3.8) is 0 Å². The average molecular weight is 374 g/mol. The minimum absolute atomic E-state index is 0.0138. The minimum atomic E-state index is -0.0324. The molecule has 1 heterocycles. The molecule has 2 rings (SSSR count). The van der Waals surface area contributed by atoms with Gasteiger partial charge in [-0.15, -0.1) is 0 Å². The van der Waals surface area contributed by atoms with Gasteiger partial charge in [-0.2, -0.15) is 0 Å². The van der Waals surface area contributed by atoms with E-state index in [1.165, 1.54) is 5.56 Å². The third-order valence-corrected chi connectivity index (χ3v) is 5.82. The standard InChI is InChI=1S/C22H35N3O2/c1-6-16(4)17-7-9-18(10-8-17)20(15(2)3)24-22(27)25-13-11-19(12-14-25)21(26)23-5/h7-10,15-16,19-20H,6,11-14H2,1-5H3,(H,23,26)(H,24,27)/t16-,20+/m0/s1. The molecule has 5 nitrogen and oxygen atoms in total. The van der Waals surface area contributed by atoms with Gasteiger partial charge in [-0.1, -0.05) is 52.0 Å². The number of amides is 3. The fraction of sp³-hybridized carbons (Fsp3) is 0.636. The number of urea groups is 1. The third kappa shape index (κ3) is 5.47. The fourth-order valence-corrected chi connectivity index (χ4v) is 3.68. The van der Waals surface area contributed by atoms with Gasteiger partial charge in [-0.3, -0.25) is 4.79 Å². The maximum Gasteiger partial charge on any atom is 0.317 e. The van der Waals surface area contributed by atoms with Gasteiger partial charge < -0.3 is 15.5 Å². The number of hydrogen-bond donors (Lipinski definition) is 2. The highest BCUT2D eigenvalue weighted by Crippen LogP contribution is 2.26. The predicted octanol–water partition coefficient (Wildman–Crippen LogP) is 4.06. The molecule has 0 saturated carbocycles. The predicted molar refractivity (Wildman–Crippen MR) is 110 cm³/mol. The second-order valence-electron chi connectivity index (χ2n) is 8.02. The van der Waals surface area contributed by atoms with Crippen LogP contribution in [0, 0.1) is 11.8 Å². The number of nitrogens with one attached hydrogen (secondary N) is 2. The number of hydrogen-bond acceptors (Lipinski definition) is 2. The van der Waals surface area contributed by atoms with Crippen molar-refractivity contribution in [3.05, 3.63) is 35.4 Å². The molecule has 3 amide bonds. The number of rotatable bonds is 6. The van der Waals surface area contributed by atoms with Crippen molar-refractivity contribution >= 4 is 11.9 Å². The van der Waals surface area contributed by atoms with Crippen molar-refractivity contribution < 1.29 is 9.59 Å². The summed E-state index contributed by atoms with van der Waals surface area (Å²) in [6.45, 7) is 9.95. The summed E-state index contributed by atoms with van der Waals surface area (Å²) in [5, 5.41) is 5.92. The lowest BCUT2D eigenvalue weighted by molar-refractivity contribution is -0.125. The summed E-state index contributed by atoms with van der Waals surface area (Å²) in [6.07, 6.45) is 2.57. The monoisotopic (exact) mass is 373 g/mol. The van der Waals surface area contributed by atoms with E-state index >= 15 is 0 Å². The number of benzene rings is 1. The van der Waals surface area contributed by atoms with E-state index in [0.29, 0.717) is 24.9 Å². The molecular formula is C22H35N3O2. The summed E-state index contributed by atoms with van der Waals surface area (Å²) < 4.78 is 0. The Morgan fingerprint density at radius 2 is 1.63 bits per heavy atom. The Bertz CT molecular complexity index is 619. The molecule has 1 saturated heterocycles. The molecule has 0 bridgehead atoms. The van der Waals surface area contributed by atoms with E-state index < -0.39 is 0 Å². The van der Waals surface area contributed by atoms with Crippen LogP contribution in [0.25, 0.3) is 0 Å².